The van der Waals surface area contributed by atoms with Gasteiger partial charge in [0.2, 0.25) is 10.0 Å². The first-order valence-electron chi connectivity index (χ1n) is 11.6. The molecule has 4 rings (SSSR count). The first kappa shape index (κ1) is 28.4. The molecule has 0 saturated heterocycles. The summed E-state index contributed by atoms with van der Waals surface area (Å²) in [5.41, 5.74) is 5.15. The van der Waals surface area contributed by atoms with Crippen molar-refractivity contribution in [2.75, 3.05) is 15.8 Å². The van der Waals surface area contributed by atoms with Crippen LogP contribution in [0.15, 0.2) is 60.7 Å². The summed E-state index contributed by atoms with van der Waals surface area (Å²) in [6.45, 7) is 1.39. The van der Waals surface area contributed by atoms with E-state index in [4.69, 9.17) is 10.5 Å². The lowest BCUT2D eigenvalue weighted by atomic mass is 10.0. The Hall–Kier alpha value is -4.66. The number of sulfonamides is 1. The predicted octanol–water partition coefficient (Wildman–Crippen LogP) is 4.81. The molecule has 2 aromatic heterocycles. The summed E-state index contributed by atoms with van der Waals surface area (Å²) < 4.78 is 85.1. The number of benzene rings is 2. The minimum Gasteiger partial charge on any atom is -0.488 e. The molecule has 210 valence electrons. The Labute approximate surface area is 225 Å². The highest BCUT2D eigenvalue weighted by Crippen LogP contribution is 2.37. The molecule has 0 aliphatic heterocycles. The van der Waals surface area contributed by atoms with E-state index in [0.29, 0.717) is 5.56 Å². The first-order chi connectivity index (χ1) is 18.9. The van der Waals surface area contributed by atoms with E-state index >= 15 is 0 Å². The Bertz CT molecular complexity index is 1640. The molecule has 0 bridgehead atoms. The van der Waals surface area contributed by atoms with Gasteiger partial charge in [-0.05, 0) is 48.9 Å². The van der Waals surface area contributed by atoms with E-state index in [1.54, 1.807) is 0 Å². The van der Waals surface area contributed by atoms with Crippen LogP contribution in [0.1, 0.15) is 28.5 Å². The van der Waals surface area contributed by atoms with Gasteiger partial charge in [0.05, 0.1) is 11.4 Å². The monoisotopic (exact) mass is 578 g/mol. The summed E-state index contributed by atoms with van der Waals surface area (Å²) in [5.74, 6) is -1.89. The molecule has 0 unspecified atom stereocenters. The second-order valence-corrected chi connectivity index (χ2v) is 10.4. The number of amides is 1. The third-order valence-corrected chi connectivity index (χ3v) is 6.81. The smallest absolute Gasteiger partial charge is 0.433 e. The van der Waals surface area contributed by atoms with E-state index in [9.17, 15) is 30.8 Å². The molecular weight excluding hydrogens is 556 g/mol. The van der Waals surface area contributed by atoms with Crippen LogP contribution in [0.5, 0.6) is 5.75 Å². The Morgan fingerprint density at radius 1 is 1.10 bits per heavy atom. The van der Waals surface area contributed by atoms with Gasteiger partial charge >= 0.3 is 6.18 Å². The topological polar surface area (TPSA) is 152 Å². The fraction of sp³-hybridized carbons (Fsp3) is 0.160. The van der Waals surface area contributed by atoms with Gasteiger partial charge in [-0.2, -0.15) is 18.3 Å². The van der Waals surface area contributed by atoms with Crippen LogP contribution in [0.25, 0.3) is 11.3 Å². The Balaban J connectivity index is 1.74. The Morgan fingerprint density at radius 2 is 1.82 bits per heavy atom. The first-order valence-corrected chi connectivity index (χ1v) is 13.2. The molecule has 4 aromatic rings. The third kappa shape index (κ3) is 6.66. The number of halogens is 4. The van der Waals surface area contributed by atoms with E-state index in [-0.39, 0.29) is 52.3 Å². The maximum atomic E-state index is 13.3. The molecule has 1 amide bonds. The van der Waals surface area contributed by atoms with Gasteiger partial charge in [-0.1, -0.05) is 18.2 Å². The molecule has 15 heteroatoms. The number of H-pyrrole nitrogens is 1. The molecule has 40 heavy (non-hydrogen) atoms. The summed E-state index contributed by atoms with van der Waals surface area (Å²) in [6.07, 6.45) is -4.69. The van der Waals surface area contributed by atoms with Crippen LogP contribution in [-0.2, 0) is 22.8 Å². The average molecular weight is 579 g/mol. The third-order valence-electron chi connectivity index (χ3n) is 5.50. The van der Waals surface area contributed by atoms with Crippen LogP contribution in [-0.4, -0.2) is 35.3 Å². The molecule has 0 fully saturated rings. The summed E-state index contributed by atoms with van der Waals surface area (Å²) in [7, 11) is -3.64. The minimum atomic E-state index is -4.69. The standard InChI is InChI=1S/C25H22F4N6O4S/c1-2-40(37,38)35-16-10-11-17(18(12-16)39-13-14-6-8-15(26)9-7-14)22-21(23(30)36)24(34-33-22)32-20-5-3-4-19(31-20)25(27,28)29/h3-12,35H,2,13H2,1H3,(H2,30,36)(H2,31,32,33,34). The van der Waals surface area contributed by atoms with Crippen LogP contribution in [0.3, 0.4) is 0 Å². The van der Waals surface area contributed by atoms with Crippen LogP contribution in [0, 0.1) is 5.82 Å². The molecule has 2 heterocycles. The van der Waals surface area contributed by atoms with Crippen molar-refractivity contribution in [1.29, 1.82) is 0 Å². The van der Waals surface area contributed by atoms with Gasteiger partial charge in [-0.15, -0.1) is 0 Å². The fourth-order valence-corrected chi connectivity index (χ4v) is 4.18. The van der Waals surface area contributed by atoms with Crippen molar-refractivity contribution in [2.24, 2.45) is 5.73 Å². The zero-order valence-electron chi connectivity index (χ0n) is 20.7. The number of nitrogens with zero attached hydrogens (tertiary/aromatic N) is 2. The zero-order valence-corrected chi connectivity index (χ0v) is 21.5. The van der Waals surface area contributed by atoms with Gasteiger partial charge in [-0.3, -0.25) is 14.6 Å². The maximum absolute atomic E-state index is 13.3. The fourth-order valence-electron chi connectivity index (χ4n) is 3.55. The number of carbonyl (C=O) groups is 1. The molecule has 0 spiro atoms. The molecule has 0 radical (unpaired) electrons. The number of primary amides is 1. The zero-order chi connectivity index (χ0) is 29.1. The van der Waals surface area contributed by atoms with Gasteiger partial charge in [0.15, 0.2) is 0 Å². The molecular formula is C25H22F4N6O4S. The highest BCUT2D eigenvalue weighted by Gasteiger charge is 2.32. The number of aromatic amines is 1. The number of hydrogen-bond donors (Lipinski definition) is 4. The second-order valence-electron chi connectivity index (χ2n) is 8.35. The van der Waals surface area contributed by atoms with Crippen molar-refractivity contribution >= 4 is 33.3 Å². The van der Waals surface area contributed by atoms with Gasteiger partial charge in [-0.25, -0.2) is 17.8 Å². The van der Waals surface area contributed by atoms with E-state index < -0.39 is 33.6 Å². The van der Waals surface area contributed by atoms with Crippen LogP contribution < -0.4 is 20.5 Å². The molecule has 0 atom stereocenters. The van der Waals surface area contributed by atoms with Crippen molar-refractivity contribution < 1.29 is 35.5 Å². The number of nitrogens with two attached hydrogens (primary N) is 1. The number of anilines is 3. The van der Waals surface area contributed by atoms with Crippen molar-refractivity contribution in [2.45, 2.75) is 19.7 Å². The number of nitrogens with one attached hydrogen (secondary N) is 3. The number of rotatable bonds is 10. The Morgan fingerprint density at radius 3 is 2.48 bits per heavy atom. The van der Waals surface area contributed by atoms with Gasteiger partial charge < -0.3 is 15.8 Å². The second kappa shape index (κ2) is 11.2. The summed E-state index contributed by atoms with van der Waals surface area (Å²) in [6, 6.07) is 12.9. The number of ether oxygens (including phenoxy) is 1. The molecule has 0 aliphatic rings. The quantitative estimate of drug-likeness (QED) is 0.197. The van der Waals surface area contributed by atoms with Gasteiger partial charge in [0, 0.05) is 11.6 Å². The van der Waals surface area contributed by atoms with Crippen molar-refractivity contribution in [3.63, 3.8) is 0 Å². The number of alkyl halides is 3. The lowest BCUT2D eigenvalue weighted by Crippen LogP contribution is -2.15. The summed E-state index contributed by atoms with van der Waals surface area (Å²) >= 11 is 0. The van der Waals surface area contributed by atoms with E-state index in [0.717, 1.165) is 12.1 Å². The molecule has 0 aliphatic carbocycles. The number of pyridine rings is 1. The lowest BCUT2D eigenvalue weighted by molar-refractivity contribution is -0.141. The average Bonchev–Trinajstić information content (AvgIpc) is 3.31. The van der Waals surface area contributed by atoms with Crippen LogP contribution in [0.2, 0.25) is 0 Å². The number of hydrogen-bond acceptors (Lipinski definition) is 7. The van der Waals surface area contributed by atoms with Crippen LogP contribution >= 0.6 is 0 Å². The summed E-state index contributed by atoms with van der Waals surface area (Å²) in [5, 5.41) is 9.25. The maximum Gasteiger partial charge on any atom is 0.433 e. The minimum absolute atomic E-state index is 0.0269. The van der Waals surface area contributed by atoms with Crippen LogP contribution in [0.4, 0.5) is 34.9 Å². The Kier molecular flexibility index (Phi) is 7.95. The molecule has 2 aromatic carbocycles. The van der Waals surface area contributed by atoms with E-state index in [1.807, 2.05) is 0 Å². The van der Waals surface area contributed by atoms with Crippen molar-refractivity contribution in [1.82, 2.24) is 15.2 Å². The molecule has 10 nitrogen and oxygen atoms in total. The number of carbonyl (C=O) groups excluding carboxylic acids is 1. The number of aromatic nitrogens is 3. The predicted molar refractivity (Wildman–Crippen MR) is 139 cm³/mol. The normalized spacial score (nSPS) is 11.7. The highest BCUT2D eigenvalue weighted by molar-refractivity contribution is 7.92. The van der Waals surface area contributed by atoms with E-state index in [1.165, 1.54) is 55.5 Å². The highest BCUT2D eigenvalue weighted by atomic mass is 32.2. The summed E-state index contributed by atoms with van der Waals surface area (Å²) in [4.78, 5) is 16.0. The van der Waals surface area contributed by atoms with Crippen molar-refractivity contribution in [3.05, 3.63) is 83.3 Å². The largest absolute Gasteiger partial charge is 0.488 e. The van der Waals surface area contributed by atoms with Gasteiger partial charge in [0.25, 0.3) is 5.91 Å². The van der Waals surface area contributed by atoms with Gasteiger partial charge in [0.1, 0.15) is 46.8 Å². The SMILES string of the molecule is CCS(=O)(=O)Nc1ccc(-c2n[nH]c(Nc3cccc(C(F)(F)F)n3)c2C(N)=O)c(OCc2ccc(F)cc2)c1. The molecule has 5 N–H and O–H groups in total. The molecule has 0 saturated carbocycles. The van der Waals surface area contributed by atoms with E-state index in [2.05, 4.69) is 25.2 Å². The lowest BCUT2D eigenvalue weighted by Gasteiger charge is -2.14. The van der Waals surface area contributed by atoms with Crippen molar-refractivity contribution in [3.8, 4) is 17.0 Å².